The van der Waals surface area contributed by atoms with Gasteiger partial charge in [-0.05, 0) is 30.3 Å². The summed E-state index contributed by atoms with van der Waals surface area (Å²) < 4.78 is 23.9. The molecule has 1 heterocycles. The van der Waals surface area contributed by atoms with E-state index in [1.807, 2.05) is 18.2 Å². The number of hydrogen-bond donors (Lipinski definition) is 2. The quantitative estimate of drug-likeness (QED) is 0.679. The highest BCUT2D eigenvalue weighted by Gasteiger charge is 2.10. The van der Waals surface area contributed by atoms with Gasteiger partial charge in [0.15, 0.2) is 5.82 Å². The third kappa shape index (κ3) is 4.28. The van der Waals surface area contributed by atoms with Crippen LogP contribution in [0.2, 0.25) is 5.02 Å². The normalized spacial score (nSPS) is 10.4. The molecule has 3 aromatic rings. The number of methoxy groups -OCH3 is 1. The second kappa shape index (κ2) is 7.83. The first-order chi connectivity index (χ1) is 12.5. The van der Waals surface area contributed by atoms with Crippen LogP contribution in [0.4, 0.5) is 22.0 Å². The van der Waals surface area contributed by atoms with Crippen molar-refractivity contribution >= 4 is 29.2 Å². The number of anilines is 3. The highest BCUT2D eigenvalue weighted by atomic mass is 35.5. The second-order valence-corrected chi connectivity index (χ2v) is 5.53. The van der Waals surface area contributed by atoms with Crippen molar-refractivity contribution < 1.29 is 13.9 Å². The molecule has 0 amide bonds. The zero-order valence-corrected chi connectivity index (χ0v) is 14.5. The first-order valence-corrected chi connectivity index (χ1v) is 7.91. The zero-order valence-electron chi connectivity index (χ0n) is 13.7. The van der Waals surface area contributed by atoms with Gasteiger partial charge in [-0.25, -0.2) is 4.39 Å². The van der Waals surface area contributed by atoms with Crippen LogP contribution in [0, 0.1) is 5.82 Å². The van der Waals surface area contributed by atoms with Crippen molar-refractivity contribution in [2.75, 3.05) is 18.2 Å². The lowest BCUT2D eigenvalue weighted by Crippen LogP contribution is -2.09. The Labute approximate surface area is 154 Å². The van der Waals surface area contributed by atoms with Crippen molar-refractivity contribution in [3.05, 3.63) is 59.1 Å². The van der Waals surface area contributed by atoms with Gasteiger partial charge in [0.1, 0.15) is 23.9 Å². The third-order valence-corrected chi connectivity index (χ3v) is 3.60. The van der Waals surface area contributed by atoms with E-state index in [1.54, 1.807) is 13.2 Å². The molecule has 0 radical (unpaired) electrons. The van der Waals surface area contributed by atoms with Crippen LogP contribution in [0.5, 0.6) is 11.5 Å². The van der Waals surface area contributed by atoms with Gasteiger partial charge in [0.05, 0.1) is 17.8 Å². The first-order valence-electron chi connectivity index (χ1n) is 7.53. The number of nitrogen functional groups attached to an aromatic ring is 1. The average Bonchev–Trinajstić information content (AvgIpc) is 2.61. The molecule has 0 saturated heterocycles. The van der Waals surface area contributed by atoms with Crippen molar-refractivity contribution in [3.63, 3.8) is 0 Å². The highest BCUT2D eigenvalue weighted by molar-refractivity contribution is 6.32. The van der Waals surface area contributed by atoms with E-state index >= 15 is 0 Å². The molecular weight excluding hydrogens is 361 g/mol. The molecule has 26 heavy (non-hydrogen) atoms. The Balaban J connectivity index is 1.77. The van der Waals surface area contributed by atoms with Crippen molar-refractivity contribution in [1.29, 1.82) is 0 Å². The van der Waals surface area contributed by atoms with Crippen LogP contribution in [0.3, 0.4) is 0 Å². The van der Waals surface area contributed by atoms with E-state index in [0.717, 1.165) is 6.07 Å². The summed E-state index contributed by atoms with van der Waals surface area (Å²) in [6.07, 6.45) is 0. The second-order valence-electron chi connectivity index (χ2n) is 5.12. The Bertz CT molecular complexity index is 925. The van der Waals surface area contributed by atoms with E-state index in [0.29, 0.717) is 17.2 Å². The van der Waals surface area contributed by atoms with E-state index in [-0.39, 0.29) is 29.4 Å². The summed E-state index contributed by atoms with van der Waals surface area (Å²) in [7, 11) is 1.56. The van der Waals surface area contributed by atoms with E-state index in [9.17, 15) is 4.39 Å². The van der Waals surface area contributed by atoms with Gasteiger partial charge in [-0.2, -0.15) is 15.0 Å². The molecule has 3 N–H and O–H groups in total. The molecular formula is C17H15ClFN5O2. The maximum Gasteiger partial charge on any atom is 0.232 e. The van der Waals surface area contributed by atoms with Crippen molar-refractivity contribution in [1.82, 2.24) is 15.0 Å². The lowest BCUT2D eigenvalue weighted by molar-refractivity contribution is 0.295. The van der Waals surface area contributed by atoms with Gasteiger partial charge in [0.25, 0.3) is 0 Å². The SMILES string of the molecule is COc1ccccc1Nc1nc(N)nc(COc2ccc(F)cc2Cl)n1. The Kier molecular flexibility index (Phi) is 5.33. The van der Waals surface area contributed by atoms with Crippen LogP contribution in [0.1, 0.15) is 5.82 Å². The Morgan fingerprint density at radius 2 is 1.92 bits per heavy atom. The van der Waals surface area contributed by atoms with Gasteiger partial charge < -0.3 is 20.5 Å². The number of aromatic nitrogens is 3. The summed E-state index contributed by atoms with van der Waals surface area (Å²) in [5.74, 6) is 1.05. The van der Waals surface area contributed by atoms with Crippen LogP contribution in [-0.4, -0.2) is 22.1 Å². The van der Waals surface area contributed by atoms with Gasteiger partial charge in [0, 0.05) is 0 Å². The van der Waals surface area contributed by atoms with Crippen LogP contribution in [0.25, 0.3) is 0 Å². The number of para-hydroxylation sites is 2. The molecule has 7 nitrogen and oxygen atoms in total. The predicted molar refractivity (Wildman–Crippen MR) is 96.3 cm³/mol. The van der Waals surface area contributed by atoms with Gasteiger partial charge in [-0.15, -0.1) is 0 Å². The van der Waals surface area contributed by atoms with Gasteiger partial charge >= 0.3 is 0 Å². The molecule has 0 fully saturated rings. The maximum atomic E-state index is 13.1. The number of nitrogens with zero attached hydrogens (tertiary/aromatic N) is 3. The largest absolute Gasteiger partial charge is 0.495 e. The van der Waals surface area contributed by atoms with Gasteiger partial charge in [-0.1, -0.05) is 23.7 Å². The Morgan fingerprint density at radius 1 is 1.12 bits per heavy atom. The lowest BCUT2D eigenvalue weighted by atomic mass is 10.3. The highest BCUT2D eigenvalue weighted by Crippen LogP contribution is 2.27. The van der Waals surface area contributed by atoms with E-state index in [1.165, 1.54) is 12.1 Å². The topological polar surface area (TPSA) is 95.2 Å². The van der Waals surface area contributed by atoms with Crippen LogP contribution in [-0.2, 0) is 6.61 Å². The van der Waals surface area contributed by atoms with Crippen LogP contribution in [0.15, 0.2) is 42.5 Å². The minimum Gasteiger partial charge on any atom is -0.495 e. The standard InChI is InChI=1S/C17H15ClFN5O2/c1-25-14-5-3-2-4-12(14)21-17-23-15(22-16(20)24-17)9-26-13-7-6-10(19)8-11(13)18/h2-8H,9H2,1H3,(H3,20,21,22,23,24). The number of ether oxygens (including phenoxy) is 2. The van der Waals surface area contributed by atoms with E-state index in [2.05, 4.69) is 20.3 Å². The molecule has 2 aromatic carbocycles. The number of halogens is 2. The number of nitrogens with one attached hydrogen (secondary N) is 1. The van der Waals surface area contributed by atoms with Crippen molar-refractivity contribution in [2.45, 2.75) is 6.61 Å². The van der Waals surface area contributed by atoms with Crippen molar-refractivity contribution in [3.8, 4) is 11.5 Å². The molecule has 0 saturated carbocycles. The Hall–Kier alpha value is -3.13. The molecule has 0 atom stereocenters. The monoisotopic (exact) mass is 375 g/mol. The lowest BCUT2D eigenvalue weighted by Gasteiger charge is -2.11. The summed E-state index contributed by atoms with van der Waals surface area (Å²) in [4.78, 5) is 12.3. The van der Waals surface area contributed by atoms with E-state index in [4.69, 9.17) is 26.8 Å². The number of benzene rings is 2. The minimum atomic E-state index is -0.449. The predicted octanol–water partition coefficient (Wildman–Crippen LogP) is 3.58. The molecule has 0 aliphatic rings. The van der Waals surface area contributed by atoms with Crippen LogP contribution < -0.4 is 20.5 Å². The number of hydrogen-bond acceptors (Lipinski definition) is 7. The summed E-state index contributed by atoms with van der Waals surface area (Å²) >= 11 is 5.93. The summed E-state index contributed by atoms with van der Waals surface area (Å²) in [6, 6.07) is 11.1. The third-order valence-electron chi connectivity index (χ3n) is 3.30. The molecule has 3 rings (SSSR count). The molecule has 0 aliphatic heterocycles. The molecule has 1 aromatic heterocycles. The average molecular weight is 376 g/mol. The maximum absolute atomic E-state index is 13.1. The minimum absolute atomic E-state index is 0.0152. The zero-order chi connectivity index (χ0) is 18.5. The fraction of sp³-hybridized carbons (Fsp3) is 0.118. The fourth-order valence-corrected chi connectivity index (χ4v) is 2.38. The van der Waals surface area contributed by atoms with Crippen LogP contribution >= 0.6 is 11.6 Å². The molecule has 134 valence electrons. The molecule has 0 aliphatic carbocycles. The smallest absolute Gasteiger partial charge is 0.232 e. The molecule has 0 spiro atoms. The fourth-order valence-electron chi connectivity index (χ4n) is 2.16. The summed E-state index contributed by atoms with van der Waals surface area (Å²) in [5, 5.41) is 3.18. The Morgan fingerprint density at radius 3 is 2.69 bits per heavy atom. The van der Waals surface area contributed by atoms with Gasteiger partial charge in [0.2, 0.25) is 11.9 Å². The molecule has 0 bridgehead atoms. The van der Waals surface area contributed by atoms with Gasteiger partial charge in [-0.3, -0.25) is 0 Å². The summed E-state index contributed by atoms with van der Waals surface area (Å²) in [6.45, 7) is -0.0152. The molecule has 0 unspecified atom stereocenters. The van der Waals surface area contributed by atoms with E-state index < -0.39 is 5.82 Å². The molecule has 9 heteroatoms. The number of rotatable bonds is 6. The first kappa shape index (κ1) is 17.7. The number of nitrogens with two attached hydrogens (primary N) is 1. The van der Waals surface area contributed by atoms with Crippen molar-refractivity contribution in [2.24, 2.45) is 0 Å². The summed E-state index contributed by atoms with van der Waals surface area (Å²) in [5.41, 5.74) is 6.41.